The van der Waals surface area contributed by atoms with Gasteiger partial charge in [-0.2, -0.15) is 0 Å². The maximum atomic E-state index is 5.70. The summed E-state index contributed by atoms with van der Waals surface area (Å²) in [5.74, 6) is 0. The van der Waals surface area contributed by atoms with Gasteiger partial charge in [0, 0.05) is 0 Å². The first-order valence-corrected chi connectivity index (χ1v) is 9.89. The normalized spacial score (nSPS) is 13.3. The minimum atomic E-state index is -2.53. The van der Waals surface area contributed by atoms with Crippen LogP contribution in [0.4, 0.5) is 0 Å². The van der Waals surface area contributed by atoms with Gasteiger partial charge in [0.2, 0.25) is 0 Å². The van der Waals surface area contributed by atoms with Gasteiger partial charge in [0.25, 0.3) is 0 Å². The molecule has 0 bridgehead atoms. The van der Waals surface area contributed by atoms with Crippen molar-refractivity contribution in [2.75, 3.05) is 7.05 Å². The van der Waals surface area contributed by atoms with Gasteiger partial charge in [-0.25, -0.2) is 0 Å². The van der Waals surface area contributed by atoms with E-state index in [-0.39, 0.29) is 0 Å². The zero-order chi connectivity index (χ0) is 7.65. The van der Waals surface area contributed by atoms with E-state index in [1.807, 2.05) is 11.3 Å². The summed E-state index contributed by atoms with van der Waals surface area (Å²) >= 11 is 17.1. The second kappa shape index (κ2) is 3.60. The highest BCUT2D eigenvalue weighted by Crippen LogP contribution is 2.23. The van der Waals surface area contributed by atoms with E-state index < -0.39 is 15.1 Å². The third kappa shape index (κ3) is 3.85. The predicted octanol–water partition coefficient (Wildman–Crippen LogP) is 2.32. The summed E-state index contributed by atoms with van der Waals surface area (Å²) in [7, 11) is 1.30. The summed E-state index contributed by atoms with van der Waals surface area (Å²) in [5.41, 5.74) is 0. The Kier molecular flexibility index (Phi) is 4.10. The minimum absolute atomic E-state index is 0.570. The summed E-state index contributed by atoms with van der Waals surface area (Å²) in [6.45, 7) is 4.19. The molecule has 0 saturated carbocycles. The highest BCUT2D eigenvalue weighted by atomic mass is 35.8. The van der Waals surface area contributed by atoms with Crippen LogP contribution in [0.15, 0.2) is 0 Å². The highest BCUT2D eigenvalue weighted by molar-refractivity contribution is 7.64. The van der Waals surface area contributed by atoms with Gasteiger partial charge in [0.1, 0.15) is 8.96 Å². The molecule has 9 heavy (non-hydrogen) atoms. The maximum absolute atomic E-state index is 5.70. The van der Waals surface area contributed by atoms with Crippen molar-refractivity contribution in [1.82, 2.24) is 4.23 Å². The van der Waals surface area contributed by atoms with Crippen LogP contribution in [0.1, 0.15) is 0 Å². The van der Waals surface area contributed by atoms with Crippen LogP contribution in [0.3, 0.4) is 0 Å². The summed E-state index contributed by atoms with van der Waals surface area (Å²) in [4.78, 5) is 0. The molecule has 0 fully saturated rings. The van der Waals surface area contributed by atoms with E-state index in [4.69, 9.17) is 33.2 Å². The monoisotopic (exact) mass is 220 g/mol. The second-order valence-corrected chi connectivity index (χ2v) is 13.3. The molecule has 0 aromatic rings. The van der Waals surface area contributed by atoms with Crippen molar-refractivity contribution in [3.05, 3.63) is 0 Å². The first kappa shape index (κ1) is 10.3. The molecule has 55 valence electrons. The van der Waals surface area contributed by atoms with Gasteiger partial charge in [-0.05, 0) is 7.05 Å². The molecule has 0 amide bonds. The number of hydrogen-bond donors (Lipinski definition) is 0. The molecular weight excluding hydrogens is 213 g/mol. The fourth-order valence-electron chi connectivity index (χ4n) is 0.254. The molecule has 0 heterocycles. The van der Waals surface area contributed by atoms with Crippen LogP contribution in [-0.4, -0.2) is 26.4 Å². The minimum Gasteiger partial charge on any atom is -0.313 e. The molecule has 0 spiro atoms. The van der Waals surface area contributed by atoms with Gasteiger partial charge >= 0.3 is 6.16 Å². The van der Waals surface area contributed by atoms with E-state index in [2.05, 4.69) is 13.1 Å². The van der Waals surface area contributed by atoms with E-state index in [0.29, 0.717) is 0 Å². The highest BCUT2D eigenvalue weighted by Gasteiger charge is 2.33. The van der Waals surface area contributed by atoms with Crippen molar-refractivity contribution < 1.29 is 0 Å². The van der Waals surface area contributed by atoms with Gasteiger partial charge in [0.05, 0.1) is 0 Å². The molecule has 0 aliphatic rings. The van der Waals surface area contributed by atoms with Crippen LogP contribution in [0, 0.1) is 0 Å². The Bertz CT molecular complexity index is 91.5. The summed E-state index contributed by atoms with van der Waals surface area (Å²) in [6.07, 6.45) is -2.53. The van der Waals surface area contributed by atoms with E-state index in [9.17, 15) is 0 Å². The first-order valence-electron chi connectivity index (χ1n) is 2.46. The molecule has 0 N–H and O–H groups in total. The molecule has 0 aromatic carbocycles. The van der Waals surface area contributed by atoms with Crippen LogP contribution in [0.5, 0.6) is 0 Å². The fraction of sp³-hybridized carbons (Fsp3) is 1.00. The van der Waals surface area contributed by atoms with Gasteiger partial charge in [-0.15, -0.1) is 33.2 Å². The number of rotatable bonds is 2. The van der Waals surface area contributed by atoms with Crippen LogP contribution in [0.2, 0.25) is 13.1 Å². The van der Waals surface area contributed by atoms with Gasteiger partial charge < -0.3 is 4.23 Å². The standard InChI is InChI=1S/C3H9Cl3NSi2/c1-7(8(2)3)9(4,5)6/h1-3H3. The quantitative estimate of drug-likeness (QED) is 0.511. The number of nitrogens with zero attached hydrogens (tertiary/aromatic N) is 1. The maximum Gasteiger partial charge on any atom is 0.417 e. The van der Waals surface area contributed by atoms with Gasteiger partial charge in [-0.1, -0.05) is 13.1 Å². The molecule has 1 radical (unpaired) electrons. The van der Waals surface area contributed by atoms with Crippen LogP contribution < -0.4 is 0 Å². The Hall–Kier alpha value is 1.26. The van der Waals surface area contributed by atoms with Crippen molar-refractivity contribution in [3.8, 4) is 0 Å². The third-order valence-corrected chi connectivity index (χ3v) is 9.06. The van der Waals surface area contributed by atoms with Crippen LogP contribution in [0.25, 0.3) is 0 Å². The zero-order valence-corrected chi connectivity index (χ0v) is 9.85. The first-order chi connectivity index (χ1) is 3.85. The van der Waals surface area contributed by atoms with Crippen molar-refractivity contribution in [3.63, 3.8) is 0 Å². The fourth-order valence-corrected chi connectivity index (χ4v) is 6.85. The van der Waals surface area contributed by atoms with Crippen molar-refractivity contribution in [2.45, 2.75) is 13.1 Å². The SMILES string of the molecule is CN([Si](C)C)[Si](Cl)(Cl)Cl. The molecule has 0 rings (SSSR count). The Labute approximate surface area is 72.8 Å². The molecule has 1 nitrogen and oxygen atoms in total. The molecule has 0 unspecified atom stereocenters. The Morgan fingerprint density at radius 3 is 1.56 bits per heavy atom. The van der Waals surface area contributed by atoms with Crippen molar-refractivity contribution in [1.29, 1.82) is 0 Å². The number of halogens is 3. The van der Waals surface area contributed by atoms with Gasteiger partial charge in [-0.3, -0.25) is 0 Å². The average molecular weight is 222 g/mol. The Morgan fingerprint density at radius 2 is 1.56 bits per heavy atom. The summed E-state index contributed by atoms with van der Waals surface area (Å²) < 4.78 is 1.89. The second-order valence-electron chi connectivity index (χ2n) is 1.97. The largest absolute Gasteiger partial charge is 0.417 e. The molecular formula is C3H9Cl3NSi2. The molecule has 0 saturated heterocycles. The molecule has 0 aliphatic carbocycles. The van der Waals surface area contributed by atoms with E-state index in [0.717, 1.165) is 0 Å². The molecule has 0 aromatic heterocycles. The molecule has 0 aliphatic heterocycles. The Balaban J connectivity index is 3.88. The zero-order valence-electron chi connectivity index (χ0n) is 5.58. The smallest absolute Gasteiger partial charge is 0.313 e. The van der Waals surface area contributed by atoms with E-state index in [1.54, 1.807) is 0 Å². The lowest BCUT2D eigenvalue weighted by molar-refractivity contribution is 0.829. The topological polar surface area (TPSA) is 3.24 Å². The van der Waals surface area contributed by atoms with Crippen molar-refractivity contribution in [2.24, 2.45) is 0 Å². The van der Waals surface area contributed by atoms with Crippen LogP contribution in [-0.2, 0) is 0 Å². The Morgan fingerprint density at radius 1 is 1.22 bits per heavy atom. The van der Waals surface area contributed by atoms with Crippen molar-refractivity contribution >= 4 is 48.4 Å². The van der Waals surface area contributed by atoms with Gasteiger partial charge in [0.15, 0.2) is 0 Å². The van der Waals surface area contributed by atoms with E-state index in [1.165, 1.54) is 0 Å². The number of hydrogen-bond acceptors (Lipinski definition) is 1. The van der Waals surface area contributed by atoms with E-state index >= 15 is 0 Å². The summed E-state index contributed by atoms with van der Waals surface area (Å²) in [6, 6.07) is 0. The summed E-state index contributed by atoms with van der Waals surface area (Å²) in [5, 5.41) is 0. The average Bonchev–Trinajstić information content (AvgIpc) is 1.62. The van der Waals surface area contributed by atoms with Crippen LogP contribution >= 0.6 is 33.2 Å². The molecule has 6 heteroatoms. The third-order valence-electron chi connectivity index (χ3n) is 1.05. The lowest BCUT2D eigenvalue weighted by Gasteiger charge is -2.24. The lowest BCUT2D eigenvalue weighted by atomic mass is 11.6. The lowest BCUT2D eigenvalue weighted by Crippen LogP contribution is -2.44. The predicted molar refractivity (Wildman–Crippen MR) is 48.6 cm³/mol. The molecule has 0 atom stereocenters.